The Kier molecular flexibility index (Phi) is 8.03. The zero-order chi connectivity index (χ0) is 22.5. The molecule has 0 fully saturated rings. The Labute approximate surface area is 201 Å². The zero-order valence-electron chi connectivity index (χ0n) is 18.0. The average Bonchev–Trinajstić information content (AvgIpc) is 2.93. The van der Waals surface area contributed by atoms with Crippen molar-refractivity contribution in [2.24, 2.45) is 5.10 Å². The van der Waals surface area contributed by atoms with E-state index in [9.17, 15) is 4.79 Å². The van der Waals surface area contributed by atoms with Gasteiger partial charge in [-0.05, 0) is 66.4 Å². The van der Waals surface area contributed by atoms with Crippen LogP contribution in [0.5, 0.6) is 0 Å². The minimum atomic E-state index is -0.145. The number of thioether (sulfide) groups is 1. The molecule has 0 unspecified atom stereocenters. The van der Waals surface area contributed by atoms with E-state index in [2.05, 4.69) is 76.9 Å². The molecular weight excluding hydrogens is 494 g/mol. The molecule has 0 spiro atoms. The van der Waals surface area contributed by atoms with Crippen LogP contribution < -0.4 is 5.43 Å². The maximum Gasteiger partial charge on any atom is 0.250 e. The lowest BCUT2D eigenvalue weighted by Crippen LogP contribution is -2.19. The van der Waals surface area contributed by atoms with Crippen molar-refractivity contribution in [3.63, 3.8) is 0 Å². The van der Waals surface area contributed by atoms with Gasteiger partial charge in [0.15, 0.2) is 0 Å². The standard InChI is InChI=1S/C24H25BrClN3OS/c1-15-8-7-9-16(2)24(15)29-17(3)20(23(25)18(29)4)12-27-28-22(30)14-31-13-19-10-5-6-11-21(19)26/h5-12H,13-14H2,1-4H3,(H,28,30)/b27-12-. The zero-order valence-corrected chi connectivity index (χ0v) is 21.2. The molecule has 0 aliphatic heterocycles. The lowest BCUT2D eigenvalue weighted by atomic mass is 10.1. The Balaban J connectivity index is 1.67. The highest BCUT2D eigenvalue weighted by atomic mass is 79.9. The lowest BCUT2D eigenvalue weighted by molar-refractivity contribution is -0.118. The van der Waals surface area contributed by atoms with Crippen molar-refractivity contribution in [1.29, 1.82) is 0 Å². The number of aryl methyl sites for hydroxylation is 2. The molecule has 0 bridgehead atoms. The smallest absolute Gasteiger partial charge is 0.250 e. The van der Waals surface area contributed by atoms with E-state index in [1.54, 1.807) is 6.21 Å². The van der Waals surface area contributed by atoms with Gasteiger partial charge in [0.25, 0.3) is 0 Å². The van der Waals surface area contributed by atoms with Crippen LogP contribution in [0.15, 0.2) is 52.0 Å². The number of hydrazone groups is 1. The van der Waals surface area contributed by atoms with Crippen LogP contribution in [0.1, 0.15) is 33.6 Å². The SMILES string of the molecule is Cc1cccc(C)c1-n1c(C)c(Br)c(/C=N\NC(=O)CSCc2ccccc2Cl)c1C. The van der Waals surface area contributed by atoms with E-state index < -0.39 is 0 Å². The highest BCUT2D eigenvalue weighted by Crippen LogP contribution is 2.32. The summed E-state index contributed by atoms with van der Waals surface area (Å²) in [6.45, 7) is 8.36. The summed E-state index contributed by atoms with van der Waals surface area (Å²) in [4.78, 5) is 12.2. The van der Waals surface area contributed by atoms with Crippen LogP contribution in [0, 0.1) is 27.7 Å². The van der Waals surface area contributed by atoms with Crippen molar-refractivity contribution in [3.8, 4) is 5.69 Å². The van der Waals surface area contributed by atoms with E-state index in [0.717, 1.165) is 32.0 Å². The highest BCUT2D eigenvalue weighted by molar-refractivity contribution is 9.10. The van der Waals surface area contributed by atoms with Crippen LogP contribution in [0.25, 0.3) is 5.69 Å². The predicted molar refractivity (Wildman–Crippen MR) is 136 cm³/mol. The number of nitrogens with zero attached hydrogens (tertiary/aromatic N) is 2. The molecule has 3 aromatic rings. The van der Waals surface area contributed by atoms with Crippen LogP contribution >= 0.6 is 39.3 Å². The molecule has 0 saturated carbocycles. The van der Waals surface area contributed by atoms with Gasteiger partial charge in [-0.1, -0.05) is 48.0 Å². The summed E-state index contributed by atoms with van der Waals surface area (Å²) < 4.78 is 3.20. The fraction of sp³-hybridized carbons (Fsp3) is 0.250. The number of para-hydroxylation sites is 1. The van der Waals surface area contributed by atoms with Crippen molar-refractivity contribution in [2.75, 3.05) is 5.75 Å². The summed E-state index contributed by atoms with van der Waals surface area (Å²) in [5.74, 6) is 0.845. The van der Waals surface area contributed by atoms with E-state index in [1.165, 1.54) is 28.6 Å². The molecule has 1 N–H and O–H groups in total. The highest BCUT2D eigenvalue weighted by Gasteiger charge is 2.18. The predicted octanol–water partition coefficient (Wildman–Crippen LogP) is 6.51. The number of benzene rings is 2. The van der Waals surface area contributed by atoms with Crippen molar-refractivity contribution in [2.45, 2.75) is 33.4 Å². The number of aromatic nitrogens is 1. The second kappa shape index (κ2) is 10.5. The van der Waals surface area contributed by atoms with Crippen LogP contribution in [0.2, 0.25) is 5.02 Å². The average molecular weight is 519 g/mol. The minimum absolute atomic E-state index is 0.145. The molecule has 7 heteroatoms. The van der Waals surface area contributed by atoms with Gasteiger partial charge in [-0.15, -0.1) is 11.8 Å². The molecule has 2 aromatic carbocycles. The Morgan fingerprint density at radius 1 is 1.10 bits per heavy atom. The molecule has 0 aliphatic rings. The molecule has 1 heterocycles. The molecule has 0 saturated heterocycles. The Morgan fingerprint density at radius 3 is 2.45 bits per heavy atom. The first-order valence-electron chi connectivity index (χ1n) is 9.88. The van der Waals surface area contributed by atoms with Gasteiger partial charge in [0.1, 0.15) is 0 Å². The molecular formula is C24H25BrClN3OS. The van der Waals surface area contributed by atoms with Gasteiger partial charge in [0.05, 0.1) is 17.7 Å². The summed E-state index contributed by atoms with van der Waals surface area (Å²) in [5, 5.41) is 4.91. The molecule has 3 rings (SSSR count). The van der Waals surface area contributed by atoms with E-state index in [-0.39, 0.29) is 5.91 Å². The number of carbonyl (C=O) groups excluding carboxylic acids is 1. The van der Waals surface area contributed by atoms with Gasteiger partial charge in [-0.3, -0.25) is 4.79 Å². The van der Waals surface area contributed by atoms with Crippen LogP contribution in [-0.2, 0) is 10.5 Å². The Morgan fingerprint density at radius 2 is 1.77 bits per heavy atom. The first-order valence-corrected chi connectivity index (χ1v) is 12.2. The third-order valence-electron chi connectivity index (χ3n) is 5.11. The van der Waals surface area contributed by atoms with E-state index in [1.807, 2.05) is 24.3 Å². The number of hydrogen-bond donors (Lipinski definition) is 1. The summed E-state index contributed by atoms with van der Waals surface area (Å²) in [6.07, 6.45) is 1.70. The first kappa shape index (κ1) is 23.6. The van der Waals surface area contributed by atoms with E-state index >= 15 is 0 Å². The molecule has 4 nitrogen and oxygen atoms in total. The molecule has 162 valence electrons. The quantitative estimate of drug-likeness (QED) is 0.286. The van der Waals surface area contributed by atoms with Gasteiger partial charge < -0.3 is 4.57 Å². The summed E-state index contributed by atoms with van der Waals surface area (Å²) >= 11 is 11.4. The van der Waals surface area contributed by atoms with Crippen molar-refractivity contribution < 1.29 is 4.79 Å². The molecule has 1 aromatic heterocycles. The van der Waals surface area contributed by atoms with Crippen LogP contribution in [-0.4, -0.2) is 22.4 Å². The number of amides is 1. The number of carbonyl (C=O) groups is 1. The van der Waals surface area contributed by atoms with Crippen molar-refractivity contribution in [1.82, 2.24) is 9.99 Å². The van der Waals surface area contributed by atoms with Gasteiger partial charge in [0.2, 0.25) is 5.91 Å². The molecule has 0 aliphatic carbocycles. The van der Waals surface area contributed by atoms with Gasteiger partial charge in [0, 0.05) is 32.2 Å². The largest absolute Gasteiger partial charge is 0.316 e. The van der Waals surface area contributed by atoms with E-state index in [4.69, 9.17) is 11.6 Å². The minimum Gasteiger partial charge on any atom is -0.316 e. The Bertz CT molecular complexity index is 1120. The third-order valence-corrected chi connectivity index (χ3v) is 7.46. The maximum atomic E-state index is 12.2. The molecule has 31 heavy (non-hydrogen) atoms. The fourth-order valence-corrected chi connectivity index (χ4v) is 5.21. The number of nitrogens with one attached hydrogen (secondary N) is 1. The van der Waals surface area contributed by atoms with Gasteiger partial charge in [-0.2, -0.15) is 5.10 Å². The fourth-order valence-electron chi connectivity index (χ4n) is 3.54. The number of hydrogen-bond acceptors (Lipinski definition) is 3. The monoisotopic (exact) mass is 517 g/mol. The Hall–Kier alpha value is -2.02. The van der Waals surface area contributed by atoms with Crippen molar-refractivity contribution >= 4 is 51.4 Å². The lowest BCUT2D eigenvalue weighted by Gasteiger charge is -2.15. The topological polar surface area (TPSA) is 46.4 Å². The molecule has 0 radical (unpaired) electrons. The maximum absolute atomic E-state index is 12.2. The molecule has 0 atom stereocenters. The van der Waals surface area contributed by atoms with Crippen LogP contribution in [0.4, 0.5) is 0 Å². The summed E-state index contributed by atoms with van der Waals surface area (Å²) in [6, 6.07) is 14.0. The van der Waals surface area contributed by atoms with Gasteiger partial charge >= 0.3 is 0 Å². The van der Waals surface area contributed by atoms with Crippen molar-refractivity contribution in [3.05, 3.63) is 85.6 Å². The second-order valence-electron chi connectivity index (χ2n) is 7.35. The summed E-state index contributed by atoms with van der Waals surface area (Å²) in [5.41, 5.74) is 10.3. The summed E-state index contributed by atoms with van der Waals surface area (Å²) in [7, 11) is 0. The van der Waals surface area contributed by atoms with Gasteiger partial charge in [-0.25, -0.2) is 5.43 Å². The third kappa shape index (κ3) is 5.43. The van der Waals surface area contributed by atoms with E-state index in [0.29, 0.717) is 11.5 Å². The second-order valence-corrected chi connectivity index (χ2v) is 9.54. The first-order chi connectivity index (χ1) is 14.8. The van der Waals surface area contributed by atoms with Crippen LogP contribution in [0.3, 0.4) is 0 Å². The normalized spacial score (nSPS) is 11.3. The number of rotatable bonds is 7. The molecule has 1 amide bonds. The number of halogens is 2.